The molecule has 0 aromatic heterocycles. The van der Waals surface area contributed by atoms with E-state index in [0.29, 0.717) is 6.54 Å². The summed E-state index contributed by atoms with van der Waals surface area (Å²) in [7, 11) is 1.63. The second-order valence-corrected chi connectivity index (χ2v) is 3.92. The van der Waals surface area contributed by atoms with Crippen molar-refractivity contribution in [2.75, 3.05) is 13.6 Å². The van der Waals surface area contributed by atoms with Gasteiger partial charge in [-0.2, -0.15) is 0 Å². The SMILES string of the molecule is CNC(=O)NC/C1=C/CC/C(C)=C\CC1. The highest BCUT2D eigenvalue weighted by Gasteiger charge is 2.02. The van der Waals surface area contributed by atoms with E-state index in [-0.39, 0.29) is 6.03 Å². The molecule has 0 spiro atoms. The maximum absolute atomic E-state index is 11.0. The van der Waals surface area contributed by atoms with Crippen LogP contribution in [0.1, 0.15) is 32.6 Å². The zero-order valence-corrected chi connectivity index (χ0v) is 9.60. The van der Waals surface area contributed by atoms with Gasteiger partial charge in [-0.15, -0.1) is 0 Å². The van der Waals surface area contributed by atoms with E-state index in [1.165, 1.54) is 11.1 Å². The molecule has 3 heteroatoms. The van der Waals surface area contributed by atoms with Crippen molar-refractivity contribution in [1.29, 1.82) is 0 Å². The van der Waals surface area contributed by atoms with Gasteiger partial charge in [0.25, 0.3) is 0 Å². The molecular formula is C12H20N2O. The maximum Gasteiger partial charge on any atom is 0.314 e. The molecule has 0 atom stereocenters. The molecule has 84 valence electrons. The van der Waals surface area contributed by atoms with Crippen molar-refractivity contribution in [1.82, 2.24) is 10.6 Å². The highest BCUT2D eigenvalue weighted by Crippen LogP contribution is 2.15. The van der Waals surface area contributed by atoms with Crippen molar-refractivity contribution in [3.8, 4) is 0 Å². The third-order valence-electron chi connectivity index (χ3n) is 2.63. The lowest BCUT2D eigenvalue weighted by Crippen LogP contribution is -2.34. The van der Waals surface area contributed by atoms with Gasteiger partial charge in [0, 0.05) is 13.6 Å². The van der Waals surface area contributed by atoms with Crippen LogP contribution in [-0.4, -0.2) is 19.6 Å². The second-order valence-electron chi connectivity index (χ2n) is 3.92. The largest absolute Gasteiger partial charge is 0.341 e. The number of hydrogen-bond acceptors (Lipinski definition) is 1. The third kappa shape index (κ3) is 4.68. The summed E-state index contributed by atoms with van der Waals surface area (Å²) < 4.78 is 0. The summed E-state index contributed by atoms with van der Waals surface area (Å²) in [5.74, 6) is 0. The molecule has 3 nitrogen and oxygen atoms in total. The molecule has 0 aromatic rings. The van der Waals surface area contributed by atoms with Crippen LogP contribution < -0.4 is 10.6 Å². The van der Waals surface area contributed by atoms with Gasteiger partial charge < -0.3 is 10.6 Å². The van der Waals surface area contributed by atoms with Crippen LogP contribution in [0.5, 0.6) is 0 Å². The normalized spacial score (nSPS) is 23.9. The molecule has 0 aromatic carbocycles. The molecule has 15 heavy (non-hydrogen) atoms. The van der Waals surface area contributed by atoms with Crippen LogP contribution in [0.3, 0.4) is 0 Å². The number of carbonyl (C=O) groups is 1. The van der Waals surface area contributed by atoms with E-state index in [4.69, 9.17) is 0 Å². The van der Waals surface area contributed by atoms with Gasteiger partial charge in [-0.05, 0) is 32.6 Å². The van der Waals surface area contributed by atoms with Gasteiger partial charge in [-0.25, -0.2) is 4.79 Å². The van der Waals surface area contributed by atoms with Crippen LogP contribution in [-0.2, 0) is 0 Å². The van der Waals surface area contributed by atoms with Crippen molar-refractivity contribution in [3.05, 3.63) is 23.3 Å². The predicted molar refractivity (Wildman–Crippen MR) is 62.8 cm³/mol. The van der Waals surface area contributed by atoms with Gasteiger partial charge in [0.05, 0.1) is 0 Å². The van der Waals surface area contributed by atoms with Crippen LogP contribution in [0, 0.1) is 0 Å². The van der Waals surface area contributed by atoms with Gasteiger partial charge in [0.15, 0.2) is 0 Å². The fraction of sp³-hybridized carbons (Fsp3) is 0.583. The molecule has 0 saturated heterocycles. The zero-order valence-electron chi connectivity index (χ0n) is 9.60. The molecule has 1 aliphatic rings. The van der Waals surface area contributed by atoms with E-state index in [1.54, 1.807) is 7.05 Å². The smallest absolute Gasteiger partial charge is 0.314 e. The number of allylic oxidation sites excluding steroid dienone is 3. The fourth-order valence-electron chi connectivity index (χ4n) is 1.65. The lowest BCUT2D eigenvalue weighted by Gasteiger charge is -2.11. The number of urea groups is 1. The molecule has 0 aliphatic heterocycles. The molecule has 0 unspecified atom stereocenters. The van der Waals surface area contributed by atoms with E-state index in [1.807, 2.05) is 0 Å². The summed E-state index contributed by atoms with van der Waals surface area (Å²) in [5.41, 5.74) is 2.81. The molecule has 1 aliphatic carbocycles. The number of carbonyl (C=O) groups excluding carboxylic acids is 1. The molecule has 2 N–H and O–H groups in total. The maximum atomic E-state index is 11.0. The molecule has 0 fully saturated rings. The van der Waals surface area contributed by atoms with Crippen LogP contribution in [0.2, 0.25) is 0 Å². The summed E-state index contributed by atoms with van der Waals surface area (Å²) in [4.78, 5) is 11.0. The minimum absolute atomic E-state index is 0.107. The van der Waals surface area contributed by atoms with Crippen LogP contribution in [0.15, 0.2) is 23.3 Å². The second kappa shape index (κ2) is 6.27. The number of amides is 2. The Bertz CT molecular complexity index is 279. The minimum atomic E-state index is -0.107. The van der Waals surface area contributed by atoms with Crippen molar-refractivity contribution >= 4 is 6.03 Å². The fourth-order valence-corrected chi connectivity index (χ4v) is 1.65. The molecule has 0 radical (unpaired) electrons. The lowest BCUT2D eigenvalue weighted by atomic mass is 10.0. The van der Waals surface area contributed by atoms with Crippen LogP contribution in [0.4, 0.5) is 4.79 Å². The van der Waals surface area contributed by atoms with E-state index in [9.17, 15) is 4.79 Å². The molecule has 1 rings (SSSR count). The summed E-state index contributed by atoms with van der Waals surface area (Å²) in [6, 6.07) is -0.107. The van der Waals surface area contributed by atoms with Crippen molar-refractivity contribution in [2.45, 2.75) is 32.6 Å². The number of rotatable bonds is 2. The summed E-state index contributed by atoms with van der Waals surface area (Å²) in [6.07, 6.45) is 8.93. The number of hydrogen-bond donors (Lipinski definition) is 2. The molecule has 2 amide bonds. The van der Waals surface area contributed by atoms with Gasteiger partial charge >= 0.3 is 6.03 Å². The predicted octanol–water partition coefficient (Wildman–Crippen LogP) is 2.36. The summed E-state index contributed by atoms with van der Waals surface area (Å²) in [6.45, 7) is 2.86. The summed E-state index contributed by atoms with van der Waals surface area (Å²) in [5, 5.41) is 5.37. The monoisotopic (exact) mass is 208 g/mol. The highest BCUT2D eigenvalue weighted by molar-refractivity contribution is 5.73. The lowest BCUT2D eigenvalue weighted by molar-refractivity contribution is 0.243. The van der Waals surface area contributed by atoms with Gasteiger partial charge in [-0.1, -0.05) is 23.3 Å². The van der Waals surface area contributed by atoms with E-state index in [0.717, 1.165) is 25.7 Å². The van der Waals surface area contributed by atoms with E-state index >= 15 is 0 Å². The highest BCUT2D eigenvalue weighted by atomic mass is 16.2. The van der Waals surface area contributed by atoms with Gasteiger partial charge in [-0.3, -0.25) is 0 Å². The van der Waals surface area contributed by atoms with Crippen LogP contribution >= 0.6 is 0 Å². The first kappa shape index (κ1) is 11.8. The van der Waals surface area contributed by atoms with Crippen LogP contribution in [0.25, 0.3) is 0 Å². The van der Waals surface area contributed by atoms with Crippen molar-refractivity contribution in [2.24, 2.45) is 0 Å². The Labute approximate surface area is 91.6 Å². The first-order valence-electron chi connectivity index (χ1n) is 5.51. The molecule has 0 heterocycles. The third-order valence-corrected chi connectivity index (χ3v) is 2.63. The molecular weight excluding hydrogens is 188 g/mol. The first-order chi connectivity index (χ1) is 7.22. The standard InChI is InChI=1S/C12H20N2O/c1-10-5-3-7-11(8-4-6-10)9-14-12(15)13-2/h5,8H,3-4,6-7,9H2,1-2H3,(H2,13,14,15)/b10-5-,11-8+. The Morgan fingerprint density at radius 1 is 1.33 bits per heavy atom. The van der Waals surface area contributed by atoms with Crippen molar-refractivity contribution in [3.63, 3.8) is 0 Å². The topological polar surface area (TPSA) is 41.1 Å². The average molecular weight is 208 g/mol. The van der Waals surface area contributed by atoms with Gasteiger partial charge in [0.2, 0.25) is 0 Å². The molecule has 0 bridgehead atoms. The first-order valence-corrected chi connectivity index (χ1v) is 5.51. The average Bonchev–Trinajstić information content (AvgIpc) is 2.21. The Hall–Kier alpha value is -1.25. The summed E-state index contributed by atoms with van der Waals surface area (Å²) >= 11 is 0. The number of nitrogens with one attached hydrogen (secondary N) is 2. The Morgan fingerprint density at radius 3 is 2.80 bits per heavy atom. The van der Waals surface area contributed by atoms with E-state index < -0.39 is 0 Å². The Morgan fingerprint density at radius 2 is 2.07 bits per heavy atom. The Balaban J connectivity index is 2.36. The molecule has 0 saturated carbocycles. The van der Waals surface area contributed by atoms with Gasteiger partial charge in [0.1, 0.15) is 0 Å². The Kier molecular flexibility index (Phi) is 4.95. The van der Waals surface area contributed by atoms with E-state index in [2.05, 4.69) is 29.7 Å². The minimum Gasteiger partial charge on any atom is -0.341 e. The van der Waals surface area contributed by atoms with Crippen molar-refractivity contribution < 1.29 is 4.79 Å². The zero-order chi connectivity index (χ0) is 11.1. The quantitative estimate of drug-likeness (QED) is 0.672.